The lowest BCUT2D eigenvalue weighted by Gasteiger charge is -2.19. The van der Waals surface area contributed by atoms with E-state index in [2.05, 4.69) is 18.2 Å². The van der Waals surface area contributed by atoms with E-state index in [4.69, 9.17) is 9.47 Å². The normalized spacial score (nSPS) is 28.0. The van der Waals surface area contributed by atoms with Crippen molar-refractivity contribution < 1.29 is 9.47 Å². The summed E-state index contributed by atoms with van der Waals surface area (Å²) in [6, 6.07) is 0. The van der Waals surface area contributed by atoms with Gasteiger partial charge in [-0.2, -0.15) is 0 Å². The van der Waals surface area contributed by atoms with Crippen LogP contribution in [0.5, 0.6) is 0 Å². The third-order valence-electron chi connectivity index (χ3n) is 2.03. The lowest BCUT2D eigenvalue weighted by molar-refractivity contribution is 0.134. The molecule has 0 N–H and O–H groups in total. The maximum Gasteiger partial charge on any atom is 0.106 e. The summed E-state index contributed by atoms with van der Waals surface area (Å²) in [4.78, 5) is 0. The Bertz CT molecular complexity index is 238. The van der Waals surface area contributed by atoms with Crippen LogP contribution >= 0.6 is 0 Å². The second kappa shape index (κ2) is 3.59. The Balaban J connectivity index is 2.07. The van der Waals surface area contributed by atoms with Gasteiger partial charge in [-0.3, -0.25) is 0 Å². The zero-order valence-corrected chi connectivity index (χ0v) is 6.90. The lowest BCUT2D eigenvalue weighted by Crippen LogP contribution is -2.15. The van der Waals surface area contributed by atoms with Crippen LogP contribution in [0.15, 0.2) is 36.1 Å². The average molecular weight is 164 g/mol. The standard InChI is InChI=1S/C10H12O2/c1-3-9(7-11-5-1)10-4-2-6-12-8-10/h1-4,7,10H,5-6,8H2. The van der Waals surface area contributed by atoms with Gasteiger partial charge in [0.05, 0.1) is 19.5 Å². The minimum atomic E-state index is 0.385. The quantitative estimate of drug-likeness (QED) is 0.549. The van der Waals surface area contributed by atoms with Crippen LogP contribution < -0.4 is 0 Å². The minimum Gasteiger partial charge on any atom is -0.497 e. The highest BCUT2D eigenvalue weighted by molar-refractivity contribution is 5.26. The Morgan fingerprint density at radius 1 is 1.25 bits per heavy atom. The smallest absolute Gasteiger partial charge is 0.106 e. The van der Waals surface area contributed by atoms with Gasteiger partial charge in [0.25, 0.3) is 0 Å². The van der Waals surface area contributed by atoms with Crippen molar-refractivity contribution >= 4 is 0 Å². The fourth-order valence-electron chi connectivity index (χ4n) is 1.38. The van der Waals surface area contributed by atoms with Crippen molar-refractivity contribution in [3.8, 4) is 0 Å². The summed E-state index contributed by atoms with van der Waals surface area (Å²) < 4.78 is 10.5. The molecule has 2 rings (SSSR count). The summed E-state index contributed by atoms with van der Waals surface area (Å²) in [5.41, 5.74) is 1.21. The van der Waals surface area contributed by atoms with Gasteiger partial charge in [0.1, 0.15) is 6.61 Å². The number of hydrogen-bond donors (Lipinski definition) is 0. The average Bonchev–Trinajstić information content (AvgIpc) is 2.21. The molecule has 0 aromatic heterocycles. The number of allylic oxidation sites excluding steroid dienone is 1. The van der Waals surface area contributed by atoms with Crippen molar-refractivity contribution in [1.29, 1.82) is 0 Å². The van der Waals surface area contributed by atoms with Crippen molar-refractivity contribution in [2.45, 2.75) is 0 Å². The molecule has 0 aromatic carbocycles. The largest absolute Gasteiger partial charge is 0.497 e. The zero-order chi connectivity index (χ0) is 8.23. The third-order valence-corrected chi connectivity index (χ3v) is 2.03. The van der Waals surface area contributed by atoms with Crippen LogP contribution in [-0.2, 0) is 9.47 Å². The molecule has 2 aliphatic rings. The molecule has 0 fully saturated rings. The first-order valence-corrected chi connectivity index (χ1v) is 4.19. The van der Waals surface area contributed by atoms with Crippen LogP contribution in [-0.4, -0.2) is 19.8 Å². The summed E-state index contributed by atoms with van der Waals surface area (Å²) in [6.45, 7) is 2.21. The molecule has 0 saturated carbocycles. The first kappa shape index (κ1) is 7.62. The van der Waals surface area contributed by atoms with E-state index < -0.39 is 0 Å². The Kier molecular flexibility index (Phi) is 2.28. The molecule has 64 valence electrons. The summed E-state index contributed by atoms with van der Waals surface area (Å²) in [7, 11) is 0. The van der Waals surface area contributed by atoms with E-state index in [0.717, 1.165) is 13.2 Å². The van der Waals surface area contributed by atoms with Crippen LogP contribution in [0.1, 0.15) is 0 Å². The van der Waals surface area contributed by atoms with Gasteiger partial charge in [0.15, 0.2) is 0 Å². The molecule has 2 nitrogen and oxygen atoms in total. The molecule has 0 aliphatic carbocycles. The molecule has 0 bridgehead atoms. The molecule has 0 spiro atoms. The first-order chi connectivity index (χ1) is 5.97. The summed E-state index contributed by atoms with van der Waals surface area (Å²) in [5.74, 6) is 0.385. The second-order valence-electron chi connectivity index (χ2n) is 2.93. The molecule has 0 saturated heterocycles. The molecule has 1 atom stereocenters. The highest BCUT2D eigenvalue weighted by Crippen LogP contribution is 2.19. The maximum absolute atomic E-state index is 5.32. The number of hydrogen-bond acceptors (Lipinski definition) is 2. The second-order valence-corrected chi connectivity index (χ2v) is 2.93. The van der Waals surface area contributed by atoms with Gasteiger partial charge < -0.3 is 9.47 Å². The number of ether oxygens (including phenoxy) is 2. The van der Waals surface area contributed by atoms with Crippen molar-refractivity contribution in [2.75, 3.05) is 19.8 Å². The van der Waals surface area contributed by atoms with E-state index in [9.17, 15) is 0 Å². The lowest BCUT2D eigenvalue weighted by atomic mass is 9.98. The molecule has 0 aromatic rings. The Morgan fingerprint density at radius 3 is 2.92 bits per heavy atom. The fourth-order valence-corrected chi connectivity index (χ4v) is 1.38. The predicted octanol–water partition coefficient (Wildman–Crippen LogP) is 1.66. The van der Waals surface area contributed by atoms with Gasteiger partial charge in [0, 0.05) is 5.92 Å². The summed E-state index contributed by atoms with van der Waals surface area (Å²) in [6.07, 6.45) is 10.2. The molecule has 0 radical (unpaired) electrons. The van der Waals surface area contributed by atoms with Crippen LogP contribution in [0, 0.1) is 5.92 Å². The Morgan fingerprint density at radius 2 is 2.25 bits per heavy atom. The molecular weight excluding hydrogens is 152 g/mol. The van der Waals surface area contributed by atoms with E-state index in [1.807, 2.05) is 12.3 Å². The van der Waals surface area contributed by atoms with Gasteiger partial charge in [0.2, 0.25) is 0 Å². The van der Waals surface area contributed by atoms with Gasteiger partial charge in [-0.05, 0) is 11.6 Å². The van der Waals surface area contributed by atoms with Crippen LogP contribution in [0.3, 0.4) is 0 Å². The van der Waals surface area contributed by atoms with Crippen molar-refractivity contribution in [2.24, 2.45) is 5.92 Å². The Hall–Kier alpha value is -1.02. The third kappa shape index (κ3) is 1.59. The molecule has 1 unspecified atom stereocenters. The van der Waals surface area contributed by atoms with Gasteiger partial charge >= 0.3 is 0 Å². The van der Waals surface area contributed by atoms with Crippen LogP contribution in [0.2, 0.25) is 0 Å². The summed E-state index contributed by atoms with van der Waals surface area (Å²) >= 11 is 0. The molecule has 12 heavy (non-hydrogen) atoms. The minimum absolute atomic E-state index is 0.385. The zero-order valence-electron chi connectivity index (χ0n) is 6.90. The topological polar surface area (TPSA) is 18.5 Å². The molecule has 2 heterocycles. The first-order valence-electron chi connectivity index (χ1n) is 4.19. The van der Waals surface area contributed by atoms with Crippen LogP contribution in [0.25, 0.3) is 0 Å². The van der Waals surface area contributed by atoms with E-state index in [1.165, 1.54) is 5.57 Å². The maximum atomic E-state index is 5.32. The van der Waals surface area contributed by atoms with Crippen molar-refractivity contribution in [1.82, 2.24) is 0 Å². The molecule has 2 aliphatic heterocycles. The molecule has 0 amide bonds. The van der Waals surface area contributed by atoms with Gasteiger partial charge in [-0.1, -0.05) is 18.2 Å². The van der Waals surface area contributed by atoms with Crippen LogP contribution in [0.4, 0.5) is 0 Å². The highest BCUT2D eigenvalue weighted by Gasteiger charge is 2.13. The molecule has 2 heteroatoms. The number of rotatable bonds is 1. The monoisotopic (exact) mass is 164 g/mol. The van der Waals surface area contributed by atoms with Gasteiger partial charge in [-0.25, -0.2) is 0 Å². The van der Waals surface area contributed by atoms with E-state index in [1.54, 1.807) is 0 Å². The van der Waals surface area contributed by atoms with E-state index in [0.29, 0.717) is 12.5 Å². The summed E-state index contributed by atoms with van der Waals surface area (Å²) in [5, 5.41) is 0. The molecular formula is C10H12O2. The highest BCUT2D eigenvalue weighted by atomic mass is 16.5. The van der Waals surface area contributed by atoms with Gasteiger partial charge in [-0.15, -0.1) is 0 Å². The van der Waals surface area contributed by atoms with E-state index in [-0.39, 0.29) is 0 Å². The fraction of sp³-hybridized carbons (Fsp3) is 0.400. The van der Waals surface area contributed by atoms with Crippen molar-refractivity contribution in [3.63, 3.8) is 0 Å². The van der Waals surface area contributed by atoms with E-state index >= 15 is 0 Å². The SMILES string of the molecule is C1=CC(C2C=CCOC2)=COC1. The Labute approximate surface area is 72.2 Å². The predicted molar refractivity (Wildman–Crippen MR) is 46.6 cm³/mol. The van der Waals surface area contributed by atoms with Crippen molar-refractivity contribution in [3.05, 3.63) is 36.1 Å².